The van der Waals surface area contributed by atoms with Gasteiger partial charge >= 0.3 is 0 Å². The number of amides is 1. The van der Waals surface area contributed by atoms with Crippen molar-refractivity contribution in [3.63, 3.8) is 0 Å². The zero-order chi connectivity index (χ0) is 12.3. The molecule has 1 aromatic carbocycles. The molecule has 0 unspecified atom stereocenters. The van der Waals surface area contributed by atoms with Crippen LogP contribution in [0.5, 0.6) is 0 Å². The molecule has 1 saturated carbocycles. The van der Waals surface area contributed by atoms with Gasteiger partial charge in [-0.25, -0.2) is 0 Å². The molecule has 0 atom stereocenters. The molecule has 100 valence electrons. The molecule has 3 nitrogen and oxygen atoms in total. The number of rotatable bonds is 2. The minimum Gasteiger partial charge on any atom is -0.399 e. The largest absolute Gasteiger partial charge is 0.399 e. The molecule has 0 spiro atoms. The molecule has 0 aromatic heterocycles. The third kappa shape index (κ3) is 3.39. The van der Waals surface area contributed by atoms with Crippen LogP contribution < -0.4 is 5.73 Å². The maximum absolute atomic E-state index is 12.3. The standard InChI is InChI=1S/C14H20N2O.ClH/c1-16(13-8-3-2-4-9-13)14(17)11-6-5-7-12(15)10-11;/h5-7,10,13H,2-4,8-9,15H2,1H3;1H. The lowest BCUT2D eigenvalue weighted by molar-refractivity contribution is 0.0696. The summed E-state index contributed by atoms with van der Waals surface area (Å²) < 4.78 is 0. The van der Waals surface area contributed by atoms with E-state index in [1.807, 2.05) is 24.1 Å². The van der Waals surface area contributed by atoms with Crippen molar-refractivity contribution in [3.05, 3.63) is 29.8 Å². The van der Waals surface area contributed by atoms with Crippen molar-refractivity contribution in [1.82, 2.24) is 4.90 Å². The van der Waals surface area contributed by atoms with Crippen molar-refractivity contribution in [2.75, 3.05) is 12.8 Å². The first-order valence-electron chi connectivity index (χ1n) is 6.31. The molecule has 0 saturated heterocycles. The number of anilines is 1. The summed E-state index contributed by atoms with van der Waals surface area (Å²) in [5.74, 6) is 0.0872. The van der Waals surface area contributed by atoms with Crippen LogP contribution in [0, 0.1) is 0 Å². The molecule has 2 rings (SSSR count). The summed E-state index contributed by atoms with van der Waals surface area (Å²) >= 11 is 0. The van der Waals surface area contributed by atoms with Crippen molar-refractivity contribution in [2.45, 2.75) is 38.1 Å². The summed E-state index contributed by atoms with van der Waals surface area (Å²) in [5.41, 5.74) is 7.04. The van der Waals surface area contributed by atoms with Crippen molar-refractivity contribution in [2.24, 2.45) is 0 Å². The average molecular weight is 269 g/mol. The van der Waals surface area contributed by atoms with Crippen LogP contribution in [0.2, 0.25) is 0 Å². The Kier molecular flexibility index (Phi) is 5.48. The second kappa shape index (κ2) is 6.64. The lowest BCUT2D eigenvalue weighted by Gasteiger charge is -2.31. The Hall–Kier alpha value is -1.22. The molecular weight excluding hydrogens is 248 g/mol. The Morgan fingerprint density at radius 2 is 1.94 bits per heavy atom. The van der Waals surface area contributed by atoms with Gasteiger partial charge in [-0.1, -0.05) is 25.3 Å². The summed E-state index contributed by atoms with van der Waals surface area (Å²) in [6.07, 6.45) is 6.03. The highest BCUT2D eigenvalue weighted by Gasteiger charge is 2.22. The zero-order valence-electron chi connectivity index (χ0n) is 10.8. The molecule has 18 heavy (non-hydrogen) atoms. The molecule has 1 aliphatic carbocycles. The average Bonchev–Trinajstić information content (AvgIpc) is 2.38. The number of carbonyl (C=O) groups is 1. The molecule has 0 aliphatic heterocycles. The molecule has 2 N–H and O–H groups in total. The maximum atomic E-state index is 12.3. The highest BCUT2D eigenvalue weighted by atomic mass is 35.5. The first kappa shape index (κ1) is 14.8. The van der Waals surface area contributed by atoms with Crippen LogP contribution in [0.15, 0.2) is 24.3 Å². The van der Waals surface area contributed by atoms with E-state index in [0.29, 0.717) is 17.3 Å². The molecule has 4 heteroatoms. The van der Waals surface area contributed by atoms with Gasteiger partial charge in [-0.3, -0.25) is 4.79 Å². The van der Waals surface area contributed by atoms with Gasteiger partial charge in [0.05, 0.1) is 0 Å². The van der Waals surface area contributed by atoms with Gasteiger partial charge in [0.25, 0.3) is 5.91 Å². The van der Waals surface area contributed by atoms with E-state index in [0.717, 1.165) is 12.8 Å². The molecular formula is C14H21ClN2O. The van der Waals surface area contributed by atoms with E-state index >= 15 is 0 Å². The normalized spacial score (nSPS) is 15.8. The van der Waals surface area contributed by atoms with Gasteiger partial charge < -0.3 is 10.6 Å². The molecule has 0 bridgehead atoms. The van der Waals surface area contributed by atoms with E-state index in [-0.39, 0.29) is 18.3 Å². The van der Waals surface area contributed by atoms with E-state index in [2.05, 4.69) is 0 Å². The SMILES string of the molecule is CN(C(=O)c1cccc(N)c1)C1CCCCC1.Cl. The van der Waals surface area contributed by atoms with Gasteiger partial charge in [-0.15, -0.1) is 12.4 Å². The Morgan fingerprint density at radius 1 is 1.28 bits per heavy atom. The molecule has 0 heterocycles. The van der Waals surface area contributed by atoms with Crippen LogP contribution in [0.4, 0.5) is 5.69 Å². The van der Waals surface area contributed by atoms with Crippen molar-refractivity contribution in [1.29, 1.82) is 0 Å². The van der Waals surface area contributed by atoms with E-state index in [1.54, 1.807) is 12.1 Å². The lowest BCUT2D eigenvalue weighted by atomic mass is 9.94. The number of carbonyl (C=O) groups excluding carboxylic acids is 1. The molecule has 1 amide bonds. The summed E-state index contributed by atoms with van der Waals surface area (Å²) in [7, 11) is 1.90. The molecule has 0 radical (unpaired) electrons. The Labute approximate surface area is 115 Å². The predicted octanol–water partition coefficient (Wildman–Crippen LogP) is 3.10. The second-order valence-electron chi connectivity index (χ2n) is 4.83. The third-order valence-electron chi connectivity index (χ3n) is 3.58. The van der Waals surface area contributed by atoms with Crippen LogP contribution in [-0.2, 0) is 0 Å². The third-order valence-corrected chi connectivity index (χ3v) is 3.58. The molecule has 1 fully saturated rings. The maximum Gasteiger partial charge on any atom is 0.253 e. The zero-order valence-corrected chi connectivity index (χ0v) is 11.6. The monoisotopic (exact) mass is 268 g/mol. The fourth-order valence-corrected chi connectivity index (χ4v) is 2.51. The number of hydrogen-bond acceptors (Lipinski definition) is 2. The Morgan fingerprint density at radius 3 is 2.56 bits per heavy atom. The van der Waals surface area contributed by atoms with Gasteiger partial charge in [0.2, 0.25) is 0 Å². The Bertz CT molecular complexity index is 403. The number of nitrogens with two attached hydrogens (primary N) is 1. The summed E-state index contributed by atoms with van der Waals surface area (Å²) in [6.45, 7) is 0. The number of halogens is 1. The number of nitrogens with zero attached hydrogens (tertiary/aromatic N) is 1. The quantitative estimate of drug-likeness (QED) is 0.838. The minimum absolute atomic E-state index is 0. The van der Waals surface area contributed by atoms with E-state index in [1.165, 1.54) is 19.3 Å². The number of benzene rings is 1. The first-order valence-corrected chi connectivity index (χ1v) is 6.31. The fraction of sp³-hybridized carbons (Fsp3) is 0.500. The van der Waals surface area contributed by atoms with Crippen LogP contribution in [-0.4, -0.2) is 23.9 Å². The van der Waals surface area contributed by atoms with Crippen LogP contribution in [0.1, 0.15) is 42.5 Å². The van der Waals surface area contributed by atoms with Crippen LogP contribution >= 0.6 is 12.4 Å². The van der Waals surface area contributed by atoms with Gasteiger partial charge in [-0.2, -0.15) is 0 Å². The predicted molar refractivity (Wildman–Crippen MR) is 77.1 cm³/mol. The Balaban J connectivity index is 0.00000162. The fourth-order valence-electron chi connectivity index (χ4n) is 2.51. The van der Waals surface area contributed by atoms with Gasteiger partial charge in [-0.05, 0) is 31.0 Å². The number of nitrogen functional groups attached to an aromatic ring is 1. The number of hydrogen-bond donors (Lipinski definition) is 1. The second-order valence-corrected chi connectivity index (χ2v) is 4.83. The van der Waals surface area contributed by atoms with Crippen LogP contribution in [0.25, 0.3) is 0 Å². The molecule has 1 aromatic rings. The van der Waals surface area contributed by atoms with Crippen molar-refractivity contribution >= 4 is 24.0 Å². The first-order chi connectivity index (χ1) is 8.18. The highest BCUT2D eigenvalue weighted by molar-refractivity contribution is 5.95. The lowest BCUT2D eigenvalue weighted by Crippen LogP contribution is -2.38. The van der Waals surface area contributed by atoms with Crippen molar-refractivity contribution in [3.8, 4) is 0 Å². The van der Waals surface area contributed by atoms with Gasteiger partial charge in [0.15, 0.2) is 0 Å². The van der Waals surface area contributed by atoms with E-state index < -0.39 is 0 Å². The van der Waals surface area contributed by atoms with Gasteiger partial charge in [0.1, 0.15) is 0 Å². The summed E-state index contributed by atoms with van der Waals surface area (Å²) in [5, 5.41) is 0. The van der Waals surface area contributed by atoms with E-state index in [9.17, 15) is 4.79 Å². The van der Waals surface area contributed by atoms with Crippen LogP contribution in [0.3, 0.4) is 0 Å². The smallest absolute Gasteiger partial charge is 0.253 e. The molecule has 1 aliphatic rings. The topological polar surface area (TPSA) is 46.3 Å². The summed E-state index contributed by atoms with van der Waals surface area (Å²) in [4.78, 5) is 14.1. The van der Waals surface area contributed by atoms with E-state index in [4.69, 9.17) is 5.73 Å². The van der Waals surface area contributed by atoms with Crippen molar-refractivity contribution < 1.29 is 4.79 Å². The van der Waals surface area contributed by atoms with Gasteiger partial charge in [0, 0.05) is 24.3 Å². The summed E-state index contributed by atoms with van der Waals surface area (Å²) in [6, 6.07) is 7.62. The minimum atomic E-state index is 0. The highest BCUT2D eigenvalue weighted by Crippen LogP contribution is 2.23.